The van der Waals surface area contributed by atoms with E-state index >= 15 is 0 Å². The number of nitrogen functional groups attached to an aromatic ring is 1. The zero-order valence-corrected chi connectivity index (χ0v) is 19.2. The van der Waals surface area contributed by atoms with Gasteiger partial charge in [-0.15, -0.1) is 0 Å². The summed E-state index contributed by atoms with van der Waals surface area (Å²) in [4.78, 5) is 22.9. The molecule has 3 aromatic carbocycles. The zero-order chi connectivity index (χ0) is 23.8. The smallest absolute Gasteiger partial charge is 0.261 e. The Morgan fingerprint density at radius 1 is 0.941 bits per heavy atom. The molecule has 0 aliphatic heterocycles. The molecule has 0 unspecified atom stereocenters. The Kier molecular flexibility index (Phi) is 5.30. The fraction of sp³-hybridized carbons (Fsp3) is 0.111. The molecule has 0 saturated carbocycles. The summed E-state index contributed by atoms with van der Waals surface area (Å²) in [5.74, 6) is -0.178. The second kappa shape index (κ2) is 8.44. The fourth-order valence-electron chi connectivity index (χ4n) is 3.92. The van der Waals surface area contributed by atoms with Crippen LogP contribution in [0.5, 0.6) is 0 Å². The molecule has 34 heavy (non-hydrogen) atoms. The van der Waals surface area contributed by atoms with Crippen molar-refractivity contribution in [3.63, 3.8) is 0 Å². The van der Waals surface area contributed by atoms with E-state index < -0.39 is 0 Å². The van der Waals surface area contributed by atoms with Gasteiger partial charge in [-0.25, -0.2) is 9.97 Å². The minimum absolute atomic E-state index is 0.178. The van der Waals surface area contributed by atoms with Gasteiger partial charge in [0.2, 0.25) is 0 Å². The Morgan fingerprint density at radius 3 is 2.44 bits per heavy atom. The third-order valence-corrected chi connectivity index (χ3v) is 5.71. The standard InChI is InChI=1S/C27H24N6O/c1-16-7-6-8-19(13-16)15-29-33-25(28)23(27(34)32-22-14-17(2)11-12-18(22)3)24-26(33)31-21-10-5-4-9-20(21)30-24/h4-15H,28H2,1-3H3,(H,32,34). The normalized spacial score (nSPS) is 11.5. The molecule has 168 valence electrons. The van der Waals surface area contributed by atoms with Crippen molar-refractivity contribution in [2.24, 2.45) is 5.10 Å². The monoisotopic (exact) mass is 448 g/mol. The van der Waals surface area contributed by atoms with Crippen LogP contribution in [-0.2, 0) is 0 Å². The number of amides is 1. The maximum absolute atomic E-state index is 13.5. The summed E-state index contributed by atoms with van der Waals surface area (Å²) >= 11 is 0. The van der Waals surface area contributed by atoms with E-state index in [4.69, 9.17) is 15.7 Å². The molecule has 0 aliphatic rings. The molecule has 0 aliphatic carbocycles. The number of para-hydroxylation sites is 2. The Morgan fingerprint density at radius 2 is 1.68 bits per heavy atom. The lowest BCUT2D eigenvalue weighted by molar-refractivity contribution is 0.102. The molecule has 2 heterocycles. The summed E-state index contributed by atoms with van der Waals surface area (Å²) in [6.07, 6.45) is 1.70. The number of carbonyl (C=O) groups is 1. The molecule has 0 spiro atoms. The Balaban J connectivity index is 1.67. The van der Waals surface area contributed by atoms with E-state index in [9.17, 15) is 4.79 Å². The van der Waals surface area contributed by atoms with Gasteiger partial charge in [0.25, 0.3) is 5.91 Å². The number of rotatable bonds is 4. The van der Waals surface area contributed by atoms with E-state index in [1.165, 1.54) is 4.68 Å². The van der Waals surface area contributed by atoms with Crippen LogP contribution in [0.15, 0.2) is 71.8 Å². The number of aryl methyl sites for hydroxylation is 3. The second-order valence-corrected chi connectivity index (χ2v) is 8.39. The maximum Gasteiger partial charge on any atom is 0.261 e. The summed E-state index contributed by atoms with van der Waals surface area (Å²) in [7, 11) is 0. The van der Waals surface area contributed by atoms with E-state index in [-0.39, 0.29) is 17.3 Å². The van der Waals surface area contributed by atoms with Crippen LogP contribution in [0.1, 0.15) is 32.6 Å². The highest BCUT2D eigenvalue weighted by molar-refractivity contribution is 6.16. The number of hydrogen-bond donors (Lipinski definition) is 2. The molecule has 1 amide bonds. The molecule has 5 aromatic rings. The number of fused-ring (bicyclic) bond motifs is 2. The minimum Gasteiger partial charge on any atom is -0.383 e. The van der Waals surface area contributed by atoms with Crippen molar-refractivity contribution in [3.8, 4) is 0 Å². The van der Waals surface area contributed by atoms with Gasteiger partial charge < -0.3 is 11.1 Å². The summed E-state index contributed by atoms with van der Waals surface area (Å²) in [5, 5.41) is 7.57. The van der Waals surface area contributed by atoms with Crippen LogP contribution in [0.2, 0.25) is 0 Å². The van der Waals surface area contributed by atoms with Crippen molar-refractivity contribution in [3.05, 3.63) is 94.5 Å². The molecular formula is C27H24N6O. The number of aromatic nitrogens is 3. The van der Waals surface area contributed by atoms with Crippen LogP contribution < -0.4 is 11.1 Å². The predicted octanol–water partition coefficient (Wildman–Crippen LogP) is 5.23. The van der Waals surface area contributed by atoms with Gasteiger partial charge in [0.15, 0.2) is 5.65 Å². The first-order valence-electron chi connectivity index (χ1n) is 11.0. The van der Waals surface area contributed by atoms with Gasteiger partial charge in [0.1, 0.15) is 16.9 Å². The second-order valence-electron chi connectivity index (χ2n) is 8.39. The van der Waals surface area contributed by atoms with Gasteiger partial charge in [-0.1, -0.05) is 54.1 Å². The van der Waals surface area contributed by atoms with Crippen LogP contribution in [0.3, 0.4) is 0 Å². The average Bonchev–Trinajstić information content (AvgIpc) is 3.08. The lowest BCUT2D eigenvalue weighted by atomic mass is 10.1. The van der Waals surface area contributed by atoms with Crippen LogP contribution in [0.4, 0.5) is 11.5 Å². The largest absolute Gasteiger partial charge is 0.383 e. The molecule has 0 radical (unpaired) electrons. The number of nitrogens with zero attached hydrogens (tertiary/aromatic N) is 4. The highest BCUT2D eigenvalue weighted by Gasteiger charge is 2.24. The molecule has 2 aromatic heterocycles. The highest BCUT2D eigenvalue weighted by atomic mass is 16.1. The maximum atomic E-state index is 13.5. The van der Waals surface area contributed by atoms with Crippen molar-refractivity contribution in [1.82, 2.24) is 14.6 Å². The Bertz CT molecular complexity index is 1600. The summed E-state index contributed by atoms with van der Waals surface area (Å²) < 4.78 is 1.48. The van der Waals surface area contributed by atoms with Crippen LogP contribution >= 0.6 is 0 Å². The summed E-state index contributed by atoms with van der Waals surface area (Å²) in [5.41, 5.74) is 13.7. The molecule has 0 atom stereocenters. The lowest BCUT2D eigenvalue weighted by Gasteiger charge is -2.09. The SMILES string of the molecule is Cc1cccc(C=Nn2c(N)c(C(=O)Nc3cc(C)ccc3C)c3nc4ccccc4nc32)c1. The lowest BCUT2D eigenvalue weighted by Crippen LogP contribution is -2.15. The minimum atomic E-state index is -0.356. The molecule has 3 N–H and O–H groups in total. The first kappa shape index (κ1) is 21.3. The van der Waals surface area contributed by atoms with Crippen molar-refractivity contribution < 1.29 is 4.79 Å². The quantitative estimate of drug-likeness (QED) is 0.368. The van der Waals surface area contributed by atoms with Gasteiger partial charge in [-0.2, -0.15) is 9.78 Å². The van der Waals surface area contributed by atoms with E-state index in [1.807, 2.05) is 87.5 Å². The van der Waals surface area contributed by atoms with E-state index in [0.717, 1.165) is 27.9 Å². The average molecular weight is 449 g/mol. The van der Waals surface area contributed by atoms with Gasteiger partial charge >= 0.3 is 0 Å². The molecule has 0 saturated heterocycles. The van der Waals surface area contributed by atoms with Crippen LogP contribution in [-0.4, -0.2) is 26.8 Å². The predicted molar refractivity (Wildman–Crippen MR) is 137 cm³/mol. The molecule has 0 bridgehead atoms. The number of nitrogens with one attached hydrogen (secondary N) is 1. The van der Waals surface area contributed by atoms with Crippen LogP contribution in [0, 0.1) is 20.8 Å². The third kappa shape index (κ3) is 3.88. The molecule has 5 rings (SSSR count). The summed E-state index contributed by atoms with van der Waals surface area (Å²) in [6, 6.07) is 21.4. The topological polar surface area (TPSA) is 98.2 Å². The third-order valence-electron chi connectivity index (χ3n) is 5.71. The van der Waals surface area contributed by atoms with Crippen molar-refractivity contribution in [2.45, 2.75) is 20.8 Å². The van der Waals surface area contributed by atoms with Gasteiger partial charge in [-0.05, 0) is 55.7 Å². The van der Waals surface area contributed by atoms with E-state index in [2.05, 4.69) is 10.4 Å². The first-order valence-corrected chi connectivity index (χ1v) is 11.0. The molecular weight excluding hydrogens is 424 g/mol. The number of carbonyl (C=O) groups excluding carboxylic acids is 1. The molecule has 7 nitrogen and oxygen atoms in total. The van der Waals surface area contributed by atoms with Gasteiger partial charge in [0.05, 0.1) is 17.2 Å². The Labute approximate surface area is 197 Å². The van der Waals surface area contributed by atoms with E-state index in [0.29, 0.717) is 22.2 Å². The Hall–Kier alpha value is -4.52. The number of benzene rings is 3. The van der Waals surface area contributed by atoms with Crippen molar-refractivity contribution in [1.29, 1.82) is 0 Å². The molecule has 0 fully saturated rings. The van der Waals surface area contributed by atoms with E-state index in [1.54, 1.807) is 6.21 Å². The van der Waals surface area contributed by atoms with Crippen molar-refractivity contribution in [2.75, 3.05) is 11.1 Å². The fourth-order valence-corrected chi connectivity index (χ4v) is 3.92. The van der Waals surface area contributed by atoms with Crippen LogP contribution in [0.25, 0.3) is 22.2 Å². The van der Waals surface area contributed by atoms with Crippen molar-refractivity contribution >= 4 is 45.8 Å². The first-order chi connectivity index (χ1) is 16.4. The van der Waals surface area contributed by atoms with Gasteiger partial charge in [0, 0.05) is 5.69 Å². The summed E-state index contributed by atoms with van der Waals surface area (Å²) in [6.45, 7) is 5.94. The number of nitrogens with two attached hydrogens (primary N) is 1. The number of anilines is 2. The highest BCUT2D eigenvalue weighted by Crippen LogP contribution is 2.29. The number of hydrogen-bond acceptors (Lipinski definition) is 5. The molecule has 7 heteroatoms. The zero-order valence-electron chi connectivity index (χ0n) is 19.2. The van der Waals surface area contributed by atoms with Gasteiger partial charge in [-0.3, -0.25) is 4.79 Å².